The van der Waals surface area contributed by atoms with Crippen LogP contribution in [0.25, 0.3) is 0 Å². The second-order valence-electron chi connectivity index (χ2n) is 5.53. The highest BCUT2D eigenvalue weighted by Crippen LogP contribution is 2.34. The molecular formula is C16H25N. The van der Waals surface area contributed by atoms with Gasteiger partial charge in [-0.25, -0.2) is 0 Å². The van der Waals surface area contributed by atoms with Crippen molar-refractivity contribution in [1.29, 1.82) is 0 Å². The summed E-state index contributed by atoms with van der Waals surface area (Å²) in [6.07, 6.45) is 8.22. The first kappa shape index (κ1) is 12.6. The molecule has 1 saturated carbocycles. The van der Waals surface area contributed by atoms with Gasteiger partial charge in [-0.1, -0.05) is 42.7 Å². The van der Waals surface area contributed by atoms with E-state index in [-0.39, 0.29) is 0 Å². The first-order valence-electron chi connectivity index (χ1n) is 7.00. The number of hydrogen-bond donors (Lipinski definition) is 1. The maximum Gasteiger partial charge on any atom is 0.00673 e. The first-order chi connectivity index (χ1) is 8.28. The standard InChI is InChI=1S/C16H25N/c1-13-3-5-14(6-4-13)9-11-16(17-2)12-10-15-7-8-15/h3-6,15-17H,7-12H2,1-2H3. The van der Waals surface area contributed by atoms with Crippen LogP contribution in [0.2, 0.25) is 0 Å². The van der Waals surface area contributed by atoms with E-state index in [2.05, 4.69) is 43.6 Å². The van der Waals surface area contributed by atoms with Gasteiger partial charge in [0.05, 0.1) is 0 Å². The Morgan fingerprint density at radius 1 is 1.18 bits per heavy atom. The van der Waals surface area contributed by atoms with Gasteiger partial charge in [0.1, 0.15) is 0 Å². The molecule has 17 heavy (non-hydrogen) atoms. The lowest BCUT2D eigenvalue weighted by Gasteiger charge is -2.15. The largest absolute Gasteiger partial charge is 0.317 e. The molecule has 2 rings (SSSR count). The van der Waals surface area contributed by atoms with Crippen LogP contribution in [-0.2, 0) is 6.42 Å². The zero-order valence-corrected chi connectivity index (χ0v) is 11.2. The highest BCUT2D eigenvalue weighted by atomic mass is 14.9. The summed E-state index contributed by atoms with van der Waals surface area (Å²) in [4.78, 5) is 0. The van der Waals surface area contributed by atoms with E-state index in [9.17, 15) is 0 Å². The van der Waals surface area contributed by atoms with Gasteiger partial charge in [0.25, 0.3) is 0 Å². The zero-order valence-electron chi connectivity index (χ0n) is 11.2. The molecule has 1 N–H and O–H groups in total. The minimum Gasteiger partial charge on any atom is -0.317 e. The molecule has 1 aliphatic carbocycles. The van der Waals surface area contributed by atoms with Gasteiger partial charge in [-0.3, -0.25) is 0 Å². The van der Waals surface area contributed by atoms with Gasteiger partial charge in [0.15, 0.2) is 0 Å². The zero-order chi connectivity index (χ0) is 12.1. The normalized spacial score (nSPS) is 17.1. The summed E-state index contributed by atoms with van der Waals surface area (Å²) in [5.41, 5.74) is 2.83. The molecule has 0 amide bonds. The van der Waals surface area contributed by atoms with Gasteiger partial charge in [-0.2, -0.15) is 0 Å². The lowest BCUT2D eigenvalue weighted by molar-refractivity contribution is 0.460. The lowest BCUT2D eigenvalue weighted by atomic mass is 10.00. The number of rotatable bonds is 7. The van der Waals surface area contributed by atoms with Crippen molar-refractivity contribution in [1.82, 2.24) is 5.32 Å². The predicted octanol–water partition coefficient (Wildman–Crippen LogP) is 3.71. The third-order valence-corrected chi connectivity index (χ3v) is 3.93. The summed E-state index contributed by atoms with van der Waals surface area (Å²) in [5, 5.41) is 3.47. The van der Waals surface area contributed by atoms with Crippen LogP contribution in [-0.4, -0.2) is 13.1 Å². The molecule has 1 unspecified atom stereocenters. The molecule has 1 nitrogen and oxygen atoms in total. The lowest BCUT2D eigenvalue weighted by Crippen LogP contribution is -2.25. The smallest absolute Gasteiger partial charge is 0.00673 e. The Morgan fingerprint density at radius 2 is 1.88 bits per heavy atom. The molecule has 1 atom stereocenters. The minimum atomic E-state index is 0.705. The van der Waals surface area contributed by atoms with Crippen LogP contribution in [0.1, 0.15) is 43.2 Å². The van der Waals surface area contributed by atoms with Crippen LogP contribution >= 0.6 is 0 Å². The van der Waals surface area contributed by atoms with Crippen molar-refractivity contribution >= 4 is 0 Å². The van der Waals surface area contributed by atoms with E-state index in [1.807, 2.05) is 0 Å². The molecule has 0 spiro atoms. The van der Waals surface area contributed by atoms with Crippen molar-refractivity contribution in [3.8, 4) is 0 Å². The number of hydrogen-bond acceptors (Lipinski definition) is 1. The summed E-state index contributed by atoms with van der Waals surface area (Å²) in [7, 11) is 2.10. The van der Waals surface area contributed by atoms with Crippen molar-refractivity contribution in [2.45, 2.75) is 51.5 Å². The number of aryl methyl sites for hydroxylation is 2. The highest BCUT2D eigenvalue weighted by Gasteiger charge is 2.21. The number of benzene rings is 1. The Morgan fingerprint density at radius 3 is 2.47 bits per heavy atom. The molecule has 1 aliphatic rings. The molecule has 0 bridgehead atoms. The maximum atomic E-state index is 3.47. The molecule has 94 valence electrons. The van der Waals surface area contributed by atoms with Crippen molar-refractivity contribution < 1.29 is 0 Å². The van der Waals surface area contributed by atoms with Crippen LogP contribution in [0, 0.1) is 12.8 Å². The molecule has 0 heterocycles. The van der Waals surface area contributed by atoms with Crippen LogP contribution in [0.15, 0.2) is 24.3 Å². The van der Waals surface area contributed by atoms with E-state index in [1.165, 1.54) is 49.7 Å². The predicted molar refractivity (Wildman–Crippen MR) is 74.3 cm³/mol. The summed E-state index contributed by atoms with van der Waals surface area (Å²) in [5.74, 6) is 1.06. The van der Waals surface area contributed by atoms with Crippen LogP contribution in [0.4, 0.5) is 0 Å². The Labute approximate surface area is 106 Å². The molecule has 1 heteroatoms. The Balaban J connectivity index is 1.72. The molecular weight excluding hydrogens is 206 g/mol. The Kier molecular flexibility index (Phi) is 4.61. The van der Waals surface area contributed by atoms with E-state index in [1.54, 1.807) is 0 Å². The summed E-state index contributed by atoms with van der Waals surface area (Å²) < 4.78 is 0. The van der Waals surface area contributed by atoms with Crippen LogP contribution in [0.5, 0.6) is 0 Å². The maximum absolute atomic E-state index is 3.47. The van der Waals surface area contributed by atoms with Gasteiger partial charge < -0.3 is 5.32 Å². The molecule has 0 radical (unpaired) electrons. The highest BCUT2D eigenvalue weighted by molar-refractivity contribution is 5.21. The van der Waals surface area contributed by atoms with E-state index < -0.39 is 0 Å². The minimum absolute atomic E-state index is 0.705. The summed E-state index contributed by atoms with van der Waals surface area (Å²) >= 11 is 0. The van der Waals surface area contributed by atoms with Gasteiger partial charge in [-0.05, 0) is 51.1 Å². The molecule has 0 saturated heterocycles. The third-order valence-electron chi connectivity index (χ3n) is 3.93. The van der Waals surface area contributed by atoms with Gasteiger partial charge in [0, 0.05) is 6.04 Å². The van der Waals surface area contributed by atoms with Gasteiger partial charge in [0.2, 0.25) is 0 Å². The molecule has 1 aromatic rings. The quantitative estimate of drug-likeness (QED) is 0.754. The van der Waals surface area contributed by atoms with E-state index in [0.717, 1.165) is 5.92 Å². The van der Waals surface area contributed by atoms with E-state index >= 15 is 0 Å². The first-order valence-corrected chi connectivity index (χ1v) is 7.00. The van der Waals surface area contributed by atoms with Crippen molar-refractivity contribution in [3.63, 3.8) is 0 Å². The molecule has 1 aromatic carbocycles. The average molecular weight is 231 g/mol. The fourth-order valence-corrected chi connectivity index (χ4v) is 2.37. The van der Waals surface area contributed by atoms with E-state index in [4.69, 9.17) is 0 Å². The molecule has 0 aliphatic heterocycles. The Hall–Kier alpha value is -0.820. The van der Waals surface area contributed by atoms with Crippen LogP contribution < -0.4 is 5.32 Å². The van der Waals surface area contributed by atoms with Crippen molar-refractivity contribution in [3.05, 3.63) is 35.4 Å². The second-order valence-corrected chi connectivity index (χ2v) is 5.53. The molecule has 1 fully saturated rings. The van der Waals surface area contributed by atoms with E-state index in [0.29, 0.717) is 6.04 Å². The molecule has 0 aromatic heterocycles. The van der Waals surface area contributed by atoms with Crippen molar-refractivity contribution in [2.75, 3.05) is 7.05 Å². The van der Waals surface area contributed by atoms with Crippen molar-refractivity contribution in [2.24, 2.45) is 5.92 Å². The SMILES string of the molecule is CNC(CCc1ccc(C)cc1)CCC1CC1. The monoisotopic (exact) mass is 231 g/mol. The third kappa shape index (κ3) is 4.51. The second kappa shape index (κ2) is 6.20. The topological polar surface area (TPSA) is 12.0 Å². The Bertz CT molecular complexity index is 324. The van der Waals surface area contributed by atoms with Gasteiger partial charge in [-0.15, -0.1) is 0 Å². The number of nitrogens with one attached hydrogen (secondary N) is 1. The summed E-state index contributed by atoms with van der Waals surface area (Å²) in [6.45, 7) is 2.15. The van der Waals surface area contributed by atoms with Crippen LogP contribution in [0.3, 0.4) is 0 Å². The fourth-order valence-electron chi connectivity index (χ4n) is 2.37. The summed E-state index contributed by atoms with van der Waals surface area (Å²) in [6, 6.07) is 9.67. The fraction of sp³-hybridized carbons (Fsp3) is 0.625. The average Bonchev–Trinajstić information content (AvgIpc) is 3.15. The van der Waals surface area contributed by atoms with Gasteiger partial charge >= 0.3 is 0 Å².